The third-order valence-corrected chi connectivity index (χ3v) is 3.14. The van der Waals surface area contributed by atoms with Crippen molar-refractivity contribution in [2.45, 2.75) is 31.6 Å². The van der Waals surface area contributed by atoms with Gasteiger partial charge in [-0.3, -0.25) is 0 Å². The number of benzene rings is 1. The number of allylic oxidation sites excluding steroid dienone is 1. The predicted octanol–water partition coefficient (Wildman–Crippen LogP) is 3.31. The van der Waals surface area contributed by atoms with Gasteiger partial charge in [0.25, 0.3) is 0 Å². The Morgan fingerprint density at radius 3 is 2.40 bits per heavy atom. The lowest BCUT2D eigenvalue weighted by atomic mass is 9.80. The molecule has 80 valence electrons. The van der Waals surface area contributed by atoms with Crippen molar-refractivity contribution in [3.05, 3.63) is 35.9 Å². The van der Waals surface area contributed by atoms with Crippen molar-refractivity contribution in [1.82, 2.24) is 0 Å². The van der Waals surface area contributed by atoms with E-state index in [-0.39, 0.29) is 17.4 Å². The largest absolute Gasteiger partial charge is 0.508 e. The van der Waals surface area contributed by atoms with Crippen molar-refractivity contribution in [2.24, 2.45) is 0 Å². The maximum absolute atomic E-state index is 9.76. The second kappa shape index (κ2) is 3.97. The molecule has 2 N–H and O–H groups in total. The molecular formula is C13H16O2. The van der Waals surface area contributed by atoms with Crippen molar-refractivity contribution in [2.75, 3.05) is 0 Å². The molecule has 15 heavy (non-hydrogen) atoms. The van der Waals surface area contributed by atoms with Crippen LogP contribution in [0.25, 0.3) is 0 Å². The predicted molar refractivity (Wildman–Crippen MR) is 60.1 cm³/mol. The number of phenols is 2. The Bertz CT molecular complexity index is 362. The summed E-state index contributed by atoms with van der Waals surface area (Å²) < 4.78 is 0. The van der Waals surface area contributed by atoms with Gasteiger partial charge in [-0.25, -0.2) is 0 Å². The highest BCUT2D eigenvalue weighted by Gasteiger charge is 2.24. The zero-order chi connectivity index (χ0) is 10.8. The topological polar surface area (TPSA) is 40.5 Å². The van der Waals surface area contributed by atoms with Gasteiger partial charge in [0, 0.05) is 11.5 Å². The van der Waals surface area contributed by atoms with Crippen LogP contribution in [0, 0.1) is 0 Å². The smallest absolute Gasteiger partial charge is 0.123 e. The Balaban J connectivity index is 2.39. The van der Waals surface area contributed by atoms with Crippen LogP contribution in [0.4, 0.5) is 0 Å². The summed E-state index contributed by atoms with van der Waals surface area (Å²) >= 11 is 0. The maximum atomic E-state index is 9.76. The molecule has 1 saturated carbocycles. The molecule has 1 aromatic rings. The minimum absolute atomic E-state index is 0.125. The van der Waals surface area contributed by atoms with Gasteiger partial charge in [-0.2, -0.15) is 0 Å². The van der Waals surface area contributed by atoms with Gasteiger partial charge in [0.15, 0.2) is 0 Å². The zero-order valence-corrected chi connectivity index (χ0v) is 8.74. The van der Waals surface area contributed by atoms with E-state index in [4.69, 9.17) is 0 Å². The van der Waals surface area contributed by atoms with Gasteiger partial charge < -0.3 is 10.2 Å². The van der Waals surface area contributed by atoms with E-state index in [1.807, 2.05) is 0 Å². The second-order valence-corrected chi connectivity index (χ2v) is 4.17. The van der Waals surface area contributed by atoms with Crippen LogP contribution in [0.5, 0.6) is 11.5 Å². The Morgan fingerprint density at radius 1 is 1.13 bits per heavy atom. The van der Waals surface area contributed by atoms with Crippen LogP contribution >= 0.6 is 0 Å². The maximum Gasteiger partial charge on any atom is 0.123 e. The van der Waals surface area contributed by atoms with Gasteiger partial charge in [0.1, 0.15) is 11.5 Å². The van der Waals surface area contributed by atoms with Gasteiger partial charge in [-0.05, 0) is 31.4 Å². The molecule has 1 unspecified atom stereocenters. The van der Waals surface area contributed by atoms with Crippen LogP contribution in [-0.2, 0) is 0 Å². The fraction of sp³-hybridized carbons (Fsp3) is 0.385. The average Bonchev–Trinajstić information content (AvgIpc) is 2.20. The van der Waals surface area contributed by atoms with E-state index in [1.165, 1.54) is 6.42 Å². The quantitative estimate of drug-likeness (QED) is 0.689. The average molecular weight is 204 g/mol. The van der Waals surface area contributed by atoms with Gasteiger partial charge >= 0.3 is 0 Å². The molecule has 1 fully saturated rings. The molecule has 1 aliphatic carbocycles. The molecule has 0 radical (unpaired) electrons. The first-order valence-corrected chi connectivity index (χ1v) is 5.38. The van der Waals surface area contributed by atoms with E-state index in [9.17, 15) is 10.2 Å². The summed E-state index contributed by atoms with van der Waals surface area (Å²) in [5.74, 6) is 0.492. The molecular weight excluding hydrogens is 188 g/mol. The molecule has 1 aromatic carbocycles. The molecule has 0 heterocycles. The van der Waals surface area contributed by atoms with Gasteiger partial charge in [-0.15, -0.1) is 0 Å². The number of hydrogen-bond acceptors (Lipinski definition) is 2. The van der Waals surface area contributed by atoms with Crippen molar-refractivity contribution >= 4 is 0 Å². The highest BCUT2D eigenvalue weighted by Crippen LogP contribution is 2.43. The van der Waals surface area contributed by atoms with Crippen LogP contribution < -0.4 is 0 Å². The first-order chi connectivity index (χ1) is 7.20. The summed E-state index contributed by atoms with van der Waals surface area (Å²) in [5, 5.41) is 19.5. The Labute approximate surface area is 89.9 Å². The SMILES string of the molecule is C=C1CCCCC1c1c(O)cccc1O. The molecule has 0 saturated heterocycles. The molecule has 1 aliphatic rings. The second-order valence-electron chi connectivity index (χ2n) is 4.17. The summed E-state index contributed by atoms with van der Waals surface area (Å²) in [7, 11) is 0. The number of aromatic hydroxyl groups is 2. The standard InChI is InChI=1S/C13H16O2/c1-9-5-2-3-6-10(9)13-11(14)7-4-8-12(13)15/h4,7-8,10,14-15H,1-3,5-6H2. The highest BCUT2D eigenvalue weighted by molar-refractivity contribution is 5.48. The van der Waals surface area contributed by atoms with E-state index < -0.39 is 0 Å². The molecule has 2 nitrogen and oxygen atoms in total. The molecule has 0 amide bonds. The lowest BCUT2D eigenvalue weighted by molar-refractivity contribution is 0.420. The van der Waals surface area contributed by atoms with E-state index >= 15 is 0 Å². The van der Waals surface area contributed by atoms with Crippen LogP contribution in [-0.4, -0.2) is 10.2 Å². The Kier molecular flexibility index (Phi) is 2.67. The van der Waals surface area contributed by atoms with E-state index in [0.717, 1.165) is 24.8 Å². The molecule has 0 bridgehead atoms. The first kappa shape index (κ1) is 10.1. The van der Waals surface area contributed by atoms with Gasteiger partial charge in [0.05, 0.1) is 0 Å². The summed E-state index contributed by atoms with van der Waals surface area (Å²) in [6.07, 6.45) is 4.28. The summed E-state index contributed by atoms with van der Waals surface area (Å²) in [6.45, 7) is 4.03. The van der Waals surface area contributed by atoms with Gasteiger partial charge in [0.2, 0.25) is 0 Å². The summed E-state index contributed by atoms with van der Waals surface area (Å²) in [5.41, 5.74) is 1.78. The normalized spacial score (nSPS) is 21.6. The fourth-order valence-electron chi connectivity index (χ4n) is 2.33. The third kappa shape index (κ3) is 1.84. The lowest BCUT2D eigenvalue weighted by Gasteiger charge is -2.26. The van der Waals surface area contributed by atoms with Crippen molar-refractivity contribution < 1.29 is 10.2 Å². The summed E-state index contributed by atoms with van der Waals surface area (Å²) in [4.78, 5) is 0. The monoisotopic (exact) mass is 204 g/mol. The lowest BCUT2D eigenvalue weighted by Crippen LogP contribution is -2.07. The zero-order valence-electron chi connectivity index (χ0n) is 8.74. The highest BCUT2D eigenvalue weighted by atomic mass is 16.3. The molecule has 2 heteroatoms. The van der Waals surface area contributed by atoms with Crippen LogP contribution in [0.15, 0.2) is 30.4 Å². The third-order valence-electron chi connectivity index (χ3n) is 3.14. The molecule has 1 atom stereocenters. The molecule has 0 spiro atoms. The first-order valence-electron chi connectivity index (χ1n) is 5.38. The van der Waals surface area contributed by atoms with E-state index in [2.05, 4.69) is 6.58 Å². The minimum Gasteiger partial charge on any atom is -0.508 e. The minimum atomic E-state index is 0.125. The van der Waals surface area contributed by atoms with E-state index in [0.29, 0.717) is 5.56 Å². The fourth-order valence-corrected chi connectivity index (χ4v) is 2.33. The van der Waals surface area contributed by atoms with Crippen LogP contribution in [0.2, 0.25) is 0 Å². The molecule has 0 aromatic heterocycles. The van der Waals surface area contributed by atoms with Crippen LogP contribution in [0.1, 0.15) is 37.2 Å². The van der Waals surface area contributed by atoms with Crippen molar-refractivity contribution in [3.63, 3.8) is 0 Å². The number of rotatable bonds is 1. The van der Waals surface area contributed by atoms with E-state index in [1.54, 1.807) is 18.2 Å². The number of phenolic OH excluding ortho intramolecular Hbond substituents is 2. The van der Waals surface area contributed by atoms with Crippen molar-refractivity contribution in [3.8, 4) is 11.5 Å². The van der Waals surface area contributed by atoms with Crippen molar-refractivity contribution in [1.29, 1.82) is 0 Å². The molecule has 2 rings (SSSR count). The molecule has 0 aliphatic heterocycles. The Morgan fingerprint density at radius 2 is 1.80 bits per heavy atom. The summed E-state index contributed by atoms with van der Waals surface area (Å²) in [6, 6.07) is 4.90. The van der Waals surface area contributed by atoms with Gasteiger partial charge in [-0.1, -0.05) is 24.6 Å². The Hall–Kier alpha value is -1.44. The van der Waals surface area contributed by atoms with Crippen LogP contribution in [0.3, 0.4) is 0 Å². The number of hydrogen-bond donors (Lipinski definition) is 2.